The quantitative estimate of drug-likeness (QED) is 0.0884. The van der Waals surface area contributed by atoms with Gasteiger partial charge in [0, 0.05) is 82.6 Å². The Morgan fingerprint density at radius 3 is 1.15 bits per heavy atom. The molecule has 4 unspecified atom stereocenters. The standard InChI is InChI=1S/C48H44N2O16.24H2/c1-3-4-5-6-7-8-9-10-11-12-13-14-15-16-17-18-19-20-21-22-23-24-25-26-40(56)50-35(32-64-48-46(62)44(60)42(58)39(30-52)66-48)37(55)28-27-36(54)34(49-33(2)53)31-63-47-45(61)43(59)41(57)38(29-51)65-47;;;;;;;;;;;;;;;;;;;;;;;;/h34-39,41-48,51-52,54-55,57-62H,27-32H2,1-2H3,(H,49,53)(H,50,56);24*1H/t34-,35-,36+,37+,38?,39?,41-,42-,43-,44-,45?,46?,47-,48-;;;;;;;;;;;;;;;;;;;;;;;;/m0......................../s1. The zero-order valence-electron chi connectivity index (χ0n) is 35.2. The number of amides is 2. The van der Waals surface area contributed by atoms with Crippen molar-refractivity contribution in [3.63, 3.8) is 0 Å². The Hall–Kier alpha value is -6.90. The minimum absolute atomic E-state index is 0. The molecule has 2 fully saturated rings. The summed E-state index contributed by atoms with van der Waals surface area (Å²) in [4.78, 5) is 24.7. The van der Waals surface area contributed by atoms with Crippen molar-refractivity contribution in [2.24, 2.45) is 0 Å². The van der Waals surface area contributed by atoms with Crippen molar-refractivity contribution in [2.75, 3.05) is 26.4 Å². The molecule has 0 aromatic carbocycles. The molecule has 2 rings (SSSR count). The van der Waals surface area contributed by atoms with Crippen LogP contribution in [0.15, 0.2) is 0 Å². The minimum Gasteiger partial charge on any atom is -0.394 e. The van der Waals surface area contributed by atoms with Gasteiger partial charge >= 0.3 is 0 Å². The molecule has 2 heterocycles. The van der Waals surface area contributed by atoms with Crippen LogP contribution in [-0.4, -0.2) is 175 Å². The first-order valence-corrected chi connectivity index (χ1v) is 19.5. The molecule has 14 atom stereocenters. The van der Waals surface area contributed by atoms with Gasteiger partial charge in [0.05, 0.1) is 50.7 Å². The molecule has 12 N–H and O–H groups in total. The Bertz CT molecular complexity index is 2550. The SMILES string of the molecule is CC#CC#CC#CC#CC#CC#CC#CC#CC#CC#CC#CC#CC(=O)N[C@@H](CO[C@H]1OC(CO)[C@H](O)[C@H](O)C1O)[C@H](O)CC[C@@H](O)[C@H](CO[C@H]1OC(CO)[C@H](O)[C@H](O)C1O)NC(C)=O.[HH].[HH].[HH].[HH].[HH].[HH].[HH].[HH].[HH].[HH].[HH].[HH].[HH].[HH].[HH].[HH].[HH].[HH].[HH].[HH].[HH].[HH].[HH].[HH]. The first-order chi connectivity index (χ1) is 31.7. The second kappa shape index (κ2) is 31.9. The fraction of sp³-hybridized carbons (Fsp3) is 0.458. The van der Waals surface area contributed by atoms with E-state index < -0.39 is 124 Å². The maximum atomic E-state index is 12.8. The summed E-state index contributed by atoms with van der Waals surface area (Å²) in [6.07, 6.45) is -19.9. The van der Waals surface area contributed by atoms with Gasteiger partial charge in [-0.1, -0.05) is 5.92 Å². The van der Waals surface area contributed by atoms with Gasteiger partial charge in [-0.3, -0.25) is 9.59 Å². The molecule has 0 saturated carbocycles. The molecule has 0 bridgehead atoms. The number of hydrogen-bond acceptors (Lipinski definition) is 16. The van der Waals surface area contributed by atoms with Crippen LogP contribution in [0.1, 0.15) is 60.9 Å². The second-order valence-corrected chi connectivity index (χ2v) is 13.3. The second-order valence-electron chi connectivity index (χ2n) is 13.3. The summed E-state index contributed by atoms with van der Waals surface area (Å²) in [6.45, 7) is 0.185. The molecule has 18 heteroatoms. The van der Waals surface area contributed by atoms with Crippen LogP contribution in [-0.2, 0) is 28.5 Å². The van der Waals surface area contributed by atoms with Crippen molar-refractivity contribution < 1.29 is 114 Å². The highest BCUT2D eigenvalue weighted by Crippen LogP contribution is 2.24. The van der Waals surface area contributed by atoms with E-state index in [0.29, 0.717) is 0 Å². The normalized spacial score (nSPS) is 24.7. The van der Waals surface area contributed by atoms with E-state index >= 15 is 0 Å². The predicted molar refractivity (Wildman–Crippen MR) is 280 cm³/mol. The lowest BCUT2D eigenvalue weighted by molar-refractivity contribution is -0.303. The summed E-state index contributed by atoms with van der Waals surface area (Å²) in [7, 11) is 0. The fourth-order valence-corrected chi connectivity index (χ4v) is 5.29. The zero-order chi connectivity index (χ0) is 48.7. The van der Waals surface area contributed by atoms with Crippen molar-refractivity contribution >= 4 is 11.8 Å². The van der Waals surface area contributed by atoms with E-state index in [-0.39, 0.29) is 47.1 Å². The zero-order valence-corrected chi connectivity index (χ0v) is 35.2. The van der Waals surface area contributed by atoms with E-state index in [1.807, 2.05) is 0 Å². The van der Waals surface area contributed by atoms with Crippen LogP contribution in [0.4, 0.5) is 0 Å². The van der Waals surface area contributed by atoms with Gasteiger partial charge in [-0.15, -0.1) is 0 Å². The molecular weight excluding hydrogens is 861 g/mol. The molecule has 0 radical (unpaired) electrons. The molecule has 66 heavy (non-hydrogen) atoms. The van der Waals surface area contributed by atoms with Crippen molar-refractivity contribution in [3.05, 3.63) is 0 Å². The monoisotopic (exact) mass is 953 g/mol. The fourth-order valence-electron chi connectivity index (χ4n) is 5.29. The average Bonchev–Trinajstić information content (AvgIpc) is 3.30. The third-order valence-corrected chi connectivity index (χ3v) is 8.58. The third kappa shape index (κ3) is 20.7. The lowest BCUT2D eigenvalue weighted by Gasteiger charge is -2.40. The van der Waals surface area contributed by atoms with Crippen LogP contribution in [0.5, 0.6) is 0 Å². The van der Waals surface area contributed by atoms with E-state index in [1.54, 1.807) is 6.92 Å². The molecule has 18 nitrogen and oxygen atoms in total. The largest absolute Gasteiger partial charge is 0.394 e. The Balaban J connectivity index is -0.0000000891. The lowest BCUT2D eigenvalue weighted by atomic mass is 9.98. The highest BCUT2D eigenvalue weighted by Gasteiger charge is 2.45. The number of carbonyl (C=O) groups excluding carboxylic acids is 2. The van der Waals surface area contributed by atoms with E-state index in [4.69, 9.17) is 18.9 Å². The van der Waals surface area contributed by atoms with Gasteiger partial charge < -0.3 is 80.6 Å². The molecule has 2 saturated heterocycles. The van der Waals surface area contributed by atoms with E-state index in [0.717, 1.165) is 6.92 Å². The molecule has 2 amide bonds. The van der Waals surface area contributed by atoms with Gasteiger partial charge in [-0.2, -0.15) is 0 Å². The van der Waals surface area contributed by atoms with Crippen LogP contribution in [0.25, 0.3) is 0 Å². The molecule has 2 aliphatic heterocycles. The van der Waals surface area contributed by atoms with Crippen LogP contribution >= 0.6 is 0 Å². The molecule has 0 aliphatic carbocycles. The number of hydrogen-bond donors (Lipinski definition) is 12. The van der Waals surface area contributed by atoms with Crippen molar-refractivity contribution in [1.29, 1.82) is 0 Å². The van der Waals surface area contributed by atoms with Gasteiger partial charge in [0.25, 0.3) is 5.91 Å². The van der Waals surface area contributed by atoms with Crippen molar-refractivity contribution in [2.45, 2.75) is 112 Å². The lowest BCUT2D eigenvalue weighted by Crippen LogP contribution is -2.60. The summed E-state index contributed by atoms with van der Waals surface area (Å²) >= 11 is 0. The predicted octanol–water partition coefficient (Wildman–Crippen LogP) is -0.924. The number of aliphatic hydroxyl groups excluding tert-OH is 10. The maximum absolute atomic E-state index is 12.8. The van der Waals surface area contributed by atoms with Gasteiger partial charge in [0.2, 0.25) is 5.91 Å². The first-order valence-electron chi connectivity index (χ1n) is 19.5. The number of nitrogens with one attached hydrogen (secondary N) is 2. The Morgan fingerprint density at radius 1 is 0.515 bits per heavy atom. The number of carbonyl (C=O) groups is 2. The molecule has 0 aromatic heterocycles. The van der Waals surface area contributed by atoms with Gasteiger partial charge in [-0.05, 0) is 114 Å². The van der Waals surface area contributed by atoms with E-state index in [1.165, 1.54) is 0 Å². The maximum Gasteiger partial charge on any atom is 0.297 e. The molecule has 0 spiro atoms. The third-order valence-electron chi connectivity index (χ3n) is 8.58. The summed E-state index contributed by atoms with van der Waals surface area (Å²) in [5.41, 5.74) is 0. The Kier molecular flexibility index (Phi) is 26.7. The number of rotatable bonds is 15. The number of ether oxygens (including phenoxy) is 4. The summed E-state index contributed by atoms with van der Waals surface area (Å²) < 4.78 is 21.6. The highest BCUT2D eigenvalue weighted by molar-refractivity contribution is 5.94. The smallest absolute Gasteiger partial charge is 0.297 e. The highest BCUT2D eigenvalue weighted by atomic mass is 16.7. The van der Waals surface area contributed by atoms with Crippen LogP contribution < -0.4 is 10.6 Å². The van der Waals surface area contributed by atoms with Gasteiger partial charge in [0.15, 0.2) is 12.6 Å². The van der Waals surface area contributed by atoms with Crippen LogP contribution in [0, 0.1) is 142 Å². The molecular formula is C48H92N2O16. The summed E-state index contributed by atoms with van der Waals surface area (Å²) in [5.74, 6) is 56.8. The first kappa shape index (κ1) is 55.2. The van der Waals surface area contributed by atoms with E-state index in [9.17, 15) is 60.7 Å². The average molecular weight is 953 g/mol. The molecule has 0 aromatic rings. The summed E-state index contributed by atoms with van der Waals surface area (Å²) in [6, 6.07) is -2.55. The van der Waals surface area contributed by atoms with Gasteiger partial charge in [-0.25, -0.2) is 0 Å². The van der Waals surface area contributed by atoms with E-state index in [2.05, 4.69) is 153 Å². The van der Waals surface area contributed by atoms with Crippen LogP contribution in [0.3, 0.4) is 0 Å². The molecule has 390 valence electrons. The van der Waals surface area contributed by atoms with Crippen molar-refractivity contribution in [1.82, 2.24) is 10.6 Å². The topological polar surface area (TPSA) is 297 Å². The number of aliphatic hydroxyl groups is 10. The Morgan fingerprint density at radius 2 is 0.833 bits per heavy atom. The van der Waals surface area contributed by atoms with Crippen LogP contribution in [0.2, 0.25) is 0 Å². The van der Waals surface area contributed by atoms with Gasteiger partial charge in [0.1, 0.15) is 48.8 Å². The summed E-state index contributed by atoms with van der Waals surface area (Å²) in [5, 5.41) is 107. The Labute approximate surface area is 417 Å². The van der Waals surface area contributed by atoms with Crippen molar-refractivity contribution in [3.8, 4) is 142 Å². The molecule has 2 aliphatic rings. The minimum atomic E-state index is -1.82.